The maximum Gasteiger partial charge on any atom is 0.398 e. The standard InChI is InChI=1S/C17H22F3N/c1-15(2,3)21-10-13(11-21)12-4-6-14(7-5-12)16(8-9-16)17(18,19)20/h4-7,13H,8-11H2,1-3H3. The third-order valence-corrected chi connectivity index (χ3v) is 5.06. The van der Waals surface area contributed by atoms with Gasteiger partial charge in [-0.3, -0.25) is 4.90 Å². The summed E-state index contributed by atoms with van der Waals surface area (Å²) in [6.07, 6.45) is -3.65. The minimum Gasteiger partial charge on any atom is -0.297 e. The van der Waals surface area contributed by atoms with Gasteiger partial charge in [0, 0.05) is 24.5 Å². The zero-order chi connectivity index (χ0) is 15.5. The lowest BCUT2D eigenvalue weighted by Gasteiger charge is -2.48. The highest BCUT2D eigenvalue weighted by atomic mass is 19.4. The Labute approximate surface area is 124 Å². The molecule has 1 aliphatic heterocycles. The predicted molar refractivity (Wildman–Crippen MR) is 77.5 cm³/mol. The molecule has 0 radical (unpaired) electrons. The third kappa shape index (κ3) is 2.48. The molecule has 1 nitrogen and oxygen atoms in total. The molecule has 0 bridgehead atoms. The minimum atomic E-state index is -4.12. The monoisotopic (exact) mass is 297 g/mol. The van der Waals surface area contributed by atoms with Gasteiger partial charge in [0.25, 0.3) is 0 Å². The molecule has 21 heavy (non-hydrogen) atoms. The van der Waals surface area contributed by atoms with E-state index < -0.39 is 11.6 Å². The second kappa shape index (κ2) is 4.48. The van der Waals surface area contributed by atoms with Crippen LogP contribution in [0, 0.1) is 0 Å². The Morgan fingerprint density at radius 2 is 1.52 bits per heavy atom. The van der Waals surface area contributed by atoms with Crippen molar-refractivity contribution in [2.75, 3.05) is 13.1 Å². The van der Waals surface area contributed by atoms with Gasteiger partial charge < -0.3 is 0 Å². The van der Waals surface area contributed by atoms with E-state index in [1.807, 2.05) is 12.1 Å². The summed E-state index contributed by atoms with van der Waals surface area (Å²) < 4.78 is 39.3. The van der Waals surface area contributed by atoms with Gasteiger partial charge in [-0.1, -0.05) is 24.3 Å². The molecule has 0 N–H and O–H groups in total. The average molecular weight is 297 g/mol. The first-order valence-electron chi connectivity index (χ1n) is 7.56. The minimum absolute atomic E-state index is 0.171. The molecule has 0 unspecified atom stereocenters. The summed E-state index contributed by atoms with van der Waals surface area (Å²) in [6.45, 7) is 8.55. The van der Waals surface area contributed by atoms with Crippen LogP contribution in [0.1, 0.15) is 50.7 Å². The van der Waals surface area contributed by atoms with E-state index in [1.165, 1.54) is 0 Å². The molecule has 3 rings (SSSR count). The summed E-state index contributed by atoms with van der Waals surface area (Å²) in [4.78, 5) is 2.39. The van der Waals surface area contributed by atoms with Gasteiger partial charge in [-0.05, 0) is 44.7 Å². The first-order valence-corrected chi connectivity index (χ1v) is 7.56. The molecule has 1 heterocycles. The molecule has 2 aliphatic rings. The molecule has 1 saturated heterocycles. The zero-order valence-electron chi connectivity index (χ0n) is 12.8. The normalized spacial score (nSPS) is 23.0. The lowest BCUT2D eigenvalue weighted by Crippen LogP contribution is -2.54. The topological polar surface area (TPSA) is 3.24 Å². The maximum atomic E-state index is 13.1. The van der Waals surface area contributed by atoms with Gasteiger partial charge in [-0.2, -0.15) is 13.2 Å². The van der Waals surface area contributed by atoms with Crippen LogP contribution in [0.3, 0.4) is 0 Å². The first-order chi connectivity index (χ1) is 9.63. The molecule has 0 amide bonds. The number of alkyl halides is 3. The van der Waals surface area contributed by atoms with Crippen molar-refractivity contribution in [1.29, 1.82) is 0 Å². The Bertz CT molecular complexity index is 514. The van der Waals surface area contributed by atoms with Gasteiger partial charge in [0.15, 0.2) is 0 Å². The van der Waals surface area contributed by atoms with Crippen LogP contribution in [0.4, 0.5) is 13.2 Å². The molecule has 0 aromatic heterocycles. The third-order valence-electron chi connectivity index (χ3n) is 5.06. The first kappa shape index (κ1) is 14.9. The number of benzene rings is 1. The summed E-state index contributed by atoms with van der Waals surface area (Å²) in [7, 11) is 0. The number of hydrogen-bond donors (Lipinski definition) is 0. The van der Waals surface area contributed by atoms with E-state index >= 15 is 0 Å². The van der Waals surface area contributed by atoms with Crippen molar-refractivity contribution in [2.24, 2.45) is 0 Å². The van der Waals surface area contributed by atoms with Gasteiger partial charge >= 0.3 is 6.18 Å². The van der Waals surface area contributed by atoms with Gasteiger partial charge in [-0.15, -0.1) is 0 Å². The smallest absolute Gasteiger partial charge is 0.297 e. The van der Waals surface area contributed by atoms with Crippen LogP contribution in [0.5, 0.6) is 0 Å². The van der Waals surface area contributed by atoms with Crippen molar-refractivity contribution in [3.63, 3.8) is 0 Å². The Kier molecular flexibility index (Phi) is 3.18. The molecule has 1 aliphatic carbocycles. The van der Waals surface area contributed by atoms with Crippen LogP contribution in [-0.4, -0.2) is 29.7 Å². The van der Waals surface area contributed by atoms with Gasteiger partial charge in [-0.25, -0.2) is 0 Å². The van der Waals surface area contributed by atoms with Gasteiger partial charge in [0.1, 0.15) is 0 Å². The highest BCUT2D eigenvalue weighted by Crippen LogP contribution is 2.58. The van der Waals surface area contributed by atoms with E-state index in [0.29, 0.717) is 11.5 Å². The van der Waals surface area contributed by atoms with Crippen molar-refractivity contribution in [2.45, 2.75) is 56.7 Å². The van der Waals surface area contributed by atoms with Gasteiger partial charge in [0.2, 0.25) is 0 Å². The molecule has 1 saturated carbocycles. The Balaban J connectivity index is 1.70. The summed E-state index contributed by atoms with van der Waals surface area (Å²) in [6, 6.07) is 7.17. The molecule has 116 valence electrons. The molecule has 1 aromatic rings. The Morgan fingerprint density at radius 1 is 1.00 bits per heavy atom. The SMILES string of the molecule is CC(C)(C)N1CC(c2ccc(C3(C(F)(F)F)CC3)cc2)C1. The van der Waals surface area contributed by atoms with E-state index in [4.69, 9.17) is 0 Å². The number of likely N-dealkylation sites (tertiary alicyclic amines) is 1. The number of halogens is 3. The number of nitrogens with zero attached hydrogens (tertiary/aromatic N) is 1. The molecular weight excluding hydrogens is 275 g/mol. The van der Waals surface area contributed by atoms with Crippen LogP contribution in [0.15, 0.2) is 24.3 Å². The second-order valence-corrected chi connectivity index (χ2v) is 7.47. The summed E-state index contributed by atoms with van der Waals surface area (Å²) in [5.74, 6) is 0.458. The van der Waals surface area contributed by atoms with Crippen LogP contribution in [-0.2, 0) is 5.41 Å². The van der Waals surface area contributed by atoms with E-state index in [0.717, 1.165) is 18.7 Å². The van der Waals surface area contributed by atoms with Crippen LogP contribution < -0.4 is 0 Å². The largest absolute Gasteiger partial charge is 0.398 e. The van der Waals surface area contributed by atoms with E-state index in [-0.39, 0.29) is 18.4 Å². The predicted octanol–water partition coefficient (Wildman–Crippen LogP) is 4.48. The van der Waals surface area contributed by atoms with Gasteiger partial charge in [0.05, 0.1) is 5.41 Å². The highest BCUT2D eigenvalue weighted by molar-refractivity contribution is 5.37. The molecule has 0 spiro atoms. The molecule has 0 atom stereocenters. The summed E-state index contributed by atoms with van der Waals surface area (Å²) in [5, 5.41) is 0. The fourth-order valence-electron chi connectivity index (χ4n) is 3.17. The summed E-state index contributed by atoms with van der Waals surface area (Å²) >= 11 is 0. The molecular formula is C17H22F3N. The van der Waals surface area contributed by atoms with Crippen LogP contribution in [0.25, 0.3) is 0 Å². The summed E-state index contributed by atoms with van der Waals surface area (Å²) in [5.41, 5.74) is 0.218. The Morgan fingerprint density at radius 3 is 1.90 bits per heavy atom. The van der Waals surface area contributed by atoms with Crippen LogP contribution >= 0.6 is 0 Å². The maximum absolute atomic E-state index is 13.1. The second-order valence-electron chi connectivity index (χ2n) is 7.47. The van der Waals surface area contributed by atoms with Crippen molar-refractivity contribution in [3.8, 4) is 0 Å². The van der Waals surface area contributed by atoms with Crippen LogP contribution in [0.2, 0.25) is 0 Å². The van der Waals surface area contributed by atoms with Crippen molar-refractivity contribution in [3.05, 3.63) is 35.4 Å². The number of hydrogen-bond acceptors (Lipinski definition) is 1. The lowest BCUT2D eigenvalue weighted by molar-refractivity contribution is -0.160. The highest BCUT2D eigenvalue weighted by Gasteiger charge is 2.64. The van der Waals surface area contributed by atoms with E-state index in [1.54, 1.807) is 12.1 Å². The molecule has 2 fully saturated rings. The average Bonchev–Trinajstić information content (AvgIpc) is 3.06. The fraction of sp³-hybridized carbons (Fsp3) is 0.647. The van der Waals surface area contributed by atoms with Crippen molar-refractivity contribution >= 4 is 0 Å². The Hall–Kier alpha value is -1.03. The molecule has 4 heteroatoms. The van der Waals surface area contributed by atoms with E-state index in [9.17, 15) is 13.2 Å². The fourth-order valence-corrected chi connectivity index (χ4v) is 3.17. The zero-order valence-corrected chi connectivity index (χ0v) is 12.8. The van der Waals surface area contributed by atoms with Crippen molar-refractivity contribution in [1.82, 2.24) is 4.90 Å². The number of rotatable bonds is 2. The van der Waals surface area contributed by atoms with Crippen molar-refractivity contribution < 1.29 is 13.2 Å². The van der Waals surface area contributed by atoms with E-state index in [2.05, 4.69) is 25.7 Å². The quantitative estimate of drug-likeness (QED) is 0.778. The molecule has 1 aromatic carbocycles. The lowest BCUT2D eigenvalue weighted by atomic mass is 9.85.